The lowest BCUT2D eigenvalue weighted by molar-refractivity contribution is -0.134. The van der Waals surface area contributed by atoms with E-state index in [-0.39, 0.29) is 46.4 Å². The maximum atomic E-state index is 14.3. The molecule has 2 saturated heterocycles. The molecule has 1 spiro atoms. The molecular weight excluding hydrogens is 711 g/mol. The van der Waals surface area contributed by atoms with Crippen LogP contribution in [0.4, 0.5) is 10.2 Å². The van der Waals surface area contributed by atoms with E-state index in [2.05, 4.69) is 50.8 Å². The van der Waals surface area contributed by atoms with Gasteiger partial charge < -0.3 is 34.5 Å². The van der Waals surface area contributed by atoms with Crippen LogP contribution in [0, 0.1) is 23.1 Å². The third kappa shape index (κ3) is 12.7. The number of ether oxygens (including phenoxy) is 1. The number of aromatic nitrogens is 3. The molecule has 1 aromatic carbocycles. The van der Waals surface area contributed by atoms with Gasteiger partial charge in [-0.1, -0.05) is 20.8 Å². The molecule has 2 aliphatic rings. The van der Waals surface area contributed by atoms with E-state index in [9.17, 15) is 23.6 Å². The molecule has 2 amide bonds. The second-order valence-corrected chi connectivity index (χ2v) is 15.5. The zero-order valence-electron chi connectivity index (χ0n) is 33.7. The van der Waals surface area contributed by atoms with Gasteiger partial charge in [-0.15, -0.1) is 10.2 Å². The number of aliphatic carboxylic acids is 2. The van der Waals surface area contributed by atoms with Crippen LogP contribution >= 0.6 is 0 Å². The van der Waals surface area contributed by atoms with Crippen molar-refractivity contribution in [2.45, 2.75) is 72.9 Å². The summed E-state index contributed by atoms with van der Waals surface area (Å²) in [6, 6.07) is 4.43. The van der Waals surface area contributed by atoms with E-state index in [0.29, 0.717) is 36.5 Å². The van der Waals surface area contributed by atoms with Gasteiger partial charge in [0, 0.05) is 88.9 Å². The van der Waals surface area contributed by atoms with Crippen molar-refractivity contribution < 1.29 is 38.5 Å². The summed E-state index contributed by atoms with van der Waals surface area (Å²) in [5, 5.41) is 23.8. The van der Waals surface area contributed by atoms with E-state index >= 15 is 0 Å². The van der Waals surface area contributed by atoms with Gasteiger partial charge in [0.25, 0.3) is 11.8 Å². The topological polar surface area (TPSA) is 173 Å². The van der Waals surface area contributed by atoms with Crippen LogP contribution < -0.4 is 9.64 Å². The highest BCUT2D eigenvalue weighted by Crippen LogP contribution is 2.44. The first-order chi connectivity index (χ1) is 25.9. The number of likely N-dealkylation sites (tertiary alicyclic amines) is 1. The summed E-state index contributed by atoms with van der Waals surface area (Å²) in [4.78, 5) is 59.7. The Morgan fingerprint density at radius 2 is 1.67 bits per heavy atom. The lowest BCUT2D eigenvalue weighted by atomic mass is 9.76. The van der Waals surface area contributed by atoms with Crippen molar-refractivity contribution in [3.63, 3.8) is 0 Å². The lowest BCUT2D eigenvalue weighted by Gasteiger charge is -2.53. The standard InChI is InChI=1S/C35H55FN8O3.C4H4O4/c1-10-44(25(4)5)34(46)28-18-27(36)13-14-30(28)47-32-31(37-23-38-39-32)42-17-15-35(20-42)21-43(22-35)29(24(2)3)12-11-16-41(9)19-26(6)33(45)40(7)8;5-3(6)1-2-4(7)8/h13-14,18,23-26,29H,10-12,15-17,19-22H2,1-9H3;1-2H,(H,5,6)(H,7,8)/b;2-1+. The summed E-state index contributed by atoms with van der Waals surface area (Å²) in [6.07, 6.45) is 5.78. The van der Waals surface area contributed by atoms with Crippen molar-refractivity contribution in [2.75, 3.05) is 71.9 Å². The molecule has 2 aromatic rings. The molecule has 304 valence electrons. The quantitative estimate of drug-likeness (QED) is 0.218. The van der Waals surface area contributed by atoms with Gasteiger partial charge in [0.15, 0.2) is 5.82 Å². The van der Waals surface area contributed by atoms with E-state index in [0.717, 1.165) is 58.5 Å². The molecule has 0 saturated carbocycles. The van der Waals surface area contributed by atoms with Crippen LogP contribution in [0.15, 0.2) is 36.7 Å². The summed E-state index contributed by atoms with van der Waals surface area (Å²) in [5.41, 5.74) is 0.316. The maximum absolute atomic E-state index is 14.3. The third-order valence-electron chi connectivity index (χ3n) is 10.1. The minimum absolute atomic E-state index is 0.0102. The Balaban J connectivity index is 0.000000912. The van der Waals surface area contributed by atoms with Crippen molar-refractivity contribution in [1.29, 1.82) is 0 Å². The number of hydrogen-bond acceptors (Lipinski definition) is 11. The predicted octanol–water partition coefficient (Wildman–Crippen LogP) is 4.36. The molecule has 2 N–H and O–H groups in total. The fourth-order valence-electron chi connectivity index (χ4n) is 7.45. The number of benzene rings is 1. The average molecular weight is 771 g/mol. The van der Waals surface area contributed by atoms with E-state index in [1.54, 1.807) is 9.80 Å². The van der Waals surface area contributed by atoms with Crippen LogP contribution in [0.5, 0.6) is 11.6 Å². The first-order valence-electron chi connectivity index (χ1n) is 18.9. The predicted molar refractivity (Wildman–Crippen MR) is 207 cm³/mol. The van der Waals surface area contributed by atoms with Gasteiger partial charge in [0.1, 0.15) is 17.9 Å². The molecule has 2 atom stereocenters. The third-order valence-corrected chi connectivity index (χ3v) is 10.1. The van der Waals surface area contributed by atoms with Crippen molar-refractivity contribution in [2.24, 2.45) is 17.3 Å². The Morgan fingerprint density at radius 3 is 2.24 bits per heavy atom. The first kappa shape index (κ1) is 44.7. The summed E-state index contributed by atoms with van der Waals surface area (Å²) >= 11 is 0. The van der Waals surface area contributed by atoms with E-state index < -0.39 is 17.8 Å². The number of anilines is 1. The van der Waals surface area contributed by atoms with E-state index in [1.807, 2.05) is 41.8 Å². The minimum atomic E-state index is -1.26. The Bertz CT molecular complexity index is 1630. The Morgan fingerprint density at radius 1 is 1.02 bits per heavy atom. The van der Waals surface area contributed by atoms with Gasteiger partial charge in [-0.05, 0) is 77.7 Å². The monoisotopic (exact) mass is 770 g/mol. The maximum Gasteiger partial charge on any atom is 0.328 e. The summed E-state index contributed by atoms with van der Waals surface area (Å²) in [5.74, 6) is -1.60. The van der Waals surface area contributed by atoms with Gasteiger partial charge in [-0.2, -0.15) is 0 Å². The number of carboxylic acid groups (broad SMARTS) is 2. The number of carboxylic acids is 2. The first-order valence-corrected chi connectivity index (χ1v) is 18.9. The minimum Gasteiger partial charge on any atom is -0.478 e. The molecule has 2 aliphatic heterocycles. The molecule has 2 unspecified atom stereocenters. The van der Waals surface area contributed by atoms with Crippen LogP contribution in [0.1, 0.15) is 71.2 Å². The van der Waals surface area contributed by atoms with E-state index in [4.69, 9.17) is 14.9 Å². The molecule has 4 rings (SSSR count). The SMILES string of the molecule is CCN(C(=O)c1cc(F)ccc1Oc1nncnc1N1CCC2(C1)CN(C(CCCN(C)CC(C)C(=O)N(C)C)C(C)C)C2)C(C)C.O=C(O)/C=C/C(=O)O. The number of halogens is 1. The smallest absolute Gasteiger partial charge is 0.328 e. The van der Waals surface area contributed by atoms with E-state index in [1.165, 1.54) is 24.5 Å². The fraction of sp³-hybridized carbons (Fsp3) is 0.615. The highest BCUT2D eigenvalue weighted by molar-refractivity contribution is 5.97. The highest BCUT2D eigenvalue weighted by atomic mass is 19.1. The zero-order valence-corrected chi connectivity index (χ0v) is 33.7. The van der Waals surface area contributed by atoms with Crippen molar-refractivity contribution >= 4 is 29.6 Å². The number of rotatable bonds is 17. The number of carbonyl (C=O) groups excluding carboxylic acids is 2. The lowest BCUT2D eigenvalue weighted by Crippen LogP contribution is -2.62. The number of nitrogens with zero attached hydrogens (tertiary/aromatic N) is 8. The molecule has 1 aromatic heterocycles. The van der Waals surface area contributed by atoms with Crippen molar-refractivity contribution in [3.8, 4) is 11.6 Å². The van der Waals surface area contributed by atoms with Crippen molar-refractivity contribution in [3.05, 3.63) is 48.1 Å². The normalized spacial score (nSPS) is 16.2. The largest absolute Gasteiger partial charge is 0.478 e. The molecule has 0 radical (unpaired) electrons. The Labute approximate surface area is 324 Å². The second kappa shape index (κ2) is 20.3. The van der Waals surface area contributed by atoms with Crippen LogP contribution in [-0.2, 0) is 14.4 Å². The summed E-state index contributed by atoms with van der Waals surface area (Å²) in [7, 11) is 5.73. The average Bonchev–Trinajstić information content (AvgIpc) is 3.55. The molecule has 0 aliphatic carbocycles. The van der Waals surface area contributed by atoms with Crippen LogP contribution in [0.3, 0.4) is 0 Å². The van der Waals surface area contributed by atoms with Gasteiger partial charge in [-0.25, -0.2) is 19.0 Å². The number of amides is 2. The fourth-order valence-corrected chi connectivity index (χ4v) is 7.45. The molecule has 2 fully saturated rings. The number of hydrogen-bond donors (Lipinski definition) is 2. The highest BCUT2D eigenvalue weighted by Gasteiger charge is 2.50. The zero-order chi connectivity index (χ0) is 41.0. The van der Waals surface area contributed by atoms with Gasteiger partial charge in [0.05, 0.1) is 5.56 Å². The molecule has 15 nitrogen and oxygen atoms in total. The van der Waals surface area contributed by atoms with Gasteiger partial charge in [-0.3, -0.25) is 14.5 Å². The second-order valence-electron chi connectivity index (χ2n) is 15.5. The van der Waals surface area contributed by atoms with Crippen LogP contribution in [0.2, 0.25) is 0 Å². The van der Waals surface area contributed by atoms with Gasteiger partial charge >= 0.3 is 11.9 Å². The molecule has 16 heteroatoms. The van der Waals surface area contributed by atoms with Gasteiger partial charge in [0.2, 0.25) is 5.91 Å². The molecular formula is C39H59FN8O7. The molecule has 0 bridgehead atoms. The molecule has 3 heterocycles. The number of carbonyl (C=O) groups is 4. The van der Waals surface area contributed by atoms with Crippen molar-refractivity contribution in [1.82, 2.24) is 34.8 Å². The summed E-state index contributed by atoms with van der Waals surface area (Å²) < 4.78 is 20.5. The molecule has 55 heavy (non-hydrogen) atoms. The Kier molecular flexibility index (Phi) is 16.5. The van der Waals surface area contributed by atoms with Crippen LogP contribution in [-0.4, -0.2) is 148 Å². The Hall–Kier alpha value is -4.70. The summed E-state index contributed by atoms with van der Waals surface area (Å²) in [6.45, 7) is 18.3. The van der Waals surface area contributed by atoms with Crippen LogP contribution in [0.25, 0.3) is 0 Å².